The van der Waals surface area contributed by atoms with Crippen molar-refractivity contribution in [2.75, 3.05) is 27.8 Å². The van der Waals surface area contributed by atoms with E-state index in [9.17, 15) is 14.7 Å². The van der Waals surface area contributed by atoms with Crippen molar-refractivity contribution >= 4 is 11.9 Å². The van der Waals surface area contributed by atoms with Crippen LogP contribution in [-0.4, -0.2) is 49.7 Å². The summed E-state index contributed by atoms with van der Waals surface area (Å²) in [6, 6.07) is 4.28. The zero-order valence-corrected chi connectivity index (χ0v) is 10.5. The van der Waals surface area contributed by atoms with E-state index in [0.29, 0.717) is 0 Å². The zero-order chi connectivity index (χ0) is 13.7. The van der Waals surface area contributed by atoms with E-state index in [-0.39, 0.29) is 23.6 Å². The number of benzene rings is 1. The Morgan fingerprint density at radius 2 is 2.00 bits per heavy atom. The van der Waals surface area contributed by atoms with Crippen LogP contribution in [0.4, 0.5) is 0 Å². The molecule has 1 aromatic rings. The molecule has 18 heavy (non-hydrogen) atoms. The highest BCUT2D eigenvalue weighted by Gasteiger charge is 2.16. The van der Waals surface area contributed by atoms with Crippen molar-refractivity contribution in [3.8, 4) is 11.5 Å². The van der Waals surface area contributed by atoms with Gasteiger partial charge in [-0.25, -0.2) is 0 Å². The lowest BCUT2D eigenvalue weighted by molar-refractivity contribution is -0.141. The topological polar surface area (TPSA) is 76.1 Å². The molecule has 1 N–H and O–H groups in total. The number of aromatic hydroxyl groups is 1. The van der Waals surface area contributed by atoms with Crippen LogP contribution < -0.4 is 4.74 Å². The fourth-order valence-corrected chi connectivity index (χ4v) is 1.37. The van der Waals surface area contributed by atoms with Crippen LogP contribution in [0.25, 0.3) is 0 Å². The highest BCUT2D eigenvalue weighted by molar-refractivity contribution is 5.96. The van der Waals surface area contributed by atoms with Gasteiger partial charge in [-0.2, -0.15) is 0 Å². The Morgan fingerprint density at radius 3 is 2.50 bits per heavy atom. The maximum absolute atomic E-state index is 11.9. The van der Waals surface area contributed by atoms with Gasteiger partial charge in [-0.05, 0) is 18.2 Å². The summed E-state index contributed by atoms with van der Waals surface area (Å²) in [7, 11) is 4.14. The molecule has 1 rings (SSSR count). The third kappa shape index (κ3) is 3.13. The lowest BCUT2D eigenvalue weighted by Gasteiger charge is -2.16. The molecule has 0 atom stereocenters. The Kier molecular flexibility index (Phi) is 4.53. The van der Waals surface area contributed by atoms with Gasteiger partial charge >= 0.3 is 5.97 Å². The minimum Gasteiger partial charge on any atom is -0.504 e. The average molecular weight is 253 g/mol. The van der Waals surface area contributed by atoms with Crippen LogP contribution >= 0.6 is 0 Å². The van der Waals surface area contributed by atoms with Gasteiger partial charge < -0.3 is 19.5 Å². The molecule has 6 heteroatoms. The molecule has 1 amide bonds. The van der Waals surface area contributed by atoms with Crippen LogP contribution in [0.1, 0.15) is 10.4 Å². The third-order valence-electron chi connectivity index (χ3n) is 2.37. The maximum atomic E-state index is 11.9. The second-order valence-corrected chi connectivity index (χ2v) is 3.62. The number of ether oxygens (including phenoxy) is 2. The molecule has 0 heterocycles. The largest absolute Gasteiger partial charge is 0.504 e. The molecular weight excluding hydrogens is 238 g/mol. The summed E-state index contributed by atoms with van der Waals surface area (Å²) >= 11 is 0. The number of phenolic OH excluding ortho intramolecular Hbond substituents is 1. The highest BCUT2D eigenvalue weighted by Crippen LogP contribution is 2.26. The number of hydrogen-bond acceptors (Lipinski definition) is 5. The van der Waals surface area contributed by atoms with Crippen LogP contribution in [-0.2, 0) is 9.53 Å². The van der Waals surface area contributed by atoms with Gasteiger partial charge in [0.1, 0.15) is 6.54 Å². The Morgan fingerprint density at radius 1 is 1.33 bits per heavy atom. The van der Waals surface area contributed by atoms with Crippen molar-refractivity contribution in [2.45, 2.75) is 0 Å². The molecule has 0 bridgehead atoms. The van der Waals surface area contributed by atoms with Gasteiger partial charge in [-0.3, -0.25) is 9.59 Å². The minimum absolute atomic E-state index is 0.130. The summed E-state index contributed by atoms with van der Waals surface area (Å²) in [6.07, 6.45) is 0. The first-order chi connectivity index (χ1) is 8.49. The summed E-state index contributed by atoms with van der Waals surface area (Å²) in [6.45, 7) is -0.151. The van der Waals surface area contributed by atoms with Gasteiger partial charge in [-0.1, -0.05) is 0 Å². The number of esters is 1. The molecule has 0 aliphatic heterocycles. The summed E-state index contributed by atoms with van der Waals surface area (Å²) in [4.78, 5) is 24.2. The fourth-order valence-electron chi connectivity index (χ4n) is 1.37. The monoisotopic (exact) mass is 253 g/mol. The molecule has 98 valence electrons. The number of carbonyl (C=O) groups is 2. The van der Waals surface area contributed by atoms with Gasteiger partial charge in [0.2, 0.25) is 0 Å². The molecular formula is C12H15NO5. The van der Waals surface area contributed by atoms with Crippen LogP contribution in [0, 0.1) is 0 Å². The standard InChI is InChI=1S/C12H15NO5/c1-13(7-11(15)18-3)12(16)8-4-5-10(17-2)9(14)6-8/h4-6,14H,7H2,1-3H3. The Bertz CT molecular complexity index is 458. The predicted molar refractivity (Wildman–Crippen MR) is 63.6 cm³/mol. The molecule has 6 nitrogen and oxygen atoms in total. The Balaban J connectivity index is 2.84. The molecule has 0 aromatic heterocycles. The summed E-state index contributed by atoms with van der Waals surface area (Å²) in [5.74, 6) is -0.751. The van der Waals surface area contributed by atoms with Gasteiger partial charge in [0.25, 0.3) is 5.91 Å². The van der Waals surface area contributed by atoms with Crippen LogP contribution in [0.3, 0.4) is 0 Å². The zero-order valence-electron chi connectivity index (χ0n) is 10.5. The number of phenols is 1. The Hall–Kier alpha value is -2.24. The van der Waals surface area contributed by atoms with Gasteiger partial charge in [0.15, 0.2) is 11.5 Å². The van der Waals surface area contributed by atoms with E-state index in [1.165, 1.54) is 44.4 Å². The summed E-state index contributed by atoms with van der Waals surface area (Å²) < 4.78 is 9.34. The molecule has 0 fully saturated rings. The third-order valence-corrected chi connectivity index (χ3v) is 2.37. The average Bonchev–Trinajstić information content (AvgIpc) is 2.37. The molecule has 0 radical (unpaired) electrons. The first kappa shape index (κ1) is 13.8. The number of hydrogen-bond donors (Lipinski definition) is 1. The number of likely N-dealkylation sites (N-methyl/N-ethyl adjacent to an activating group) is 1. The van der Waals surface area contributed by atoms with Crippen molar-refractivity contribution in [2.24, 2.45) is 0 Å². The van der Waals surface area contributed by atoms with Crippen molar-refractivity contribution in [3.05, 3.63) is 23.8 Å². The van der Waals surface area contributed by atoms with E-state index in [0.717, 1.165) is 0 Å². The Labute approximate surface area is 105 Å². The van der Waals surface area contributed by atoms with E-state index in [1.807, 2.05) is 0 Å². The van der Waals surface area contributed by atoms with E-state index in [4.69, 9.17) is 4.74 Å². The highest BCUT2D eigenvalue weighted by atomic mass is 16.5. The lowest BCUT2D eigenvalue weighted by atomic mass is 10.2. The van der Waals surface area contributed by atoms with Crippen LogP contribution in [0.5, 0.6) is 11.5 Å². The molecule has 0 saturated carbocycles. The second-order valence-electron chi connectivity index (χ2n) is 3.62. The van der Waals surface area contributed by atoms with Crippen molar-refractivity contribution in [1.29, 1.82) is 0 Å². The maximum Gasteiger partial charge on any atom is 0.325 e. The number of amides is 1. The fraction of sp³-hybridized carbons (Fsp3) is 0.333. The van der Waals surface area contributed by atoms with Crippen molar-refractivity contribution < 1.29 is 24.2 Å². The van der Waals surface area contributed by atoms with Crippen molar-refractivity contribution in [3.63, 3.8) is 0 Å². The molecule has 1 aromatic carbocycles. The predicted octanol–water partition coefficient (Wildman–Crippen LogP) is 0.646. The molecule has 0 aliphatic rings. The van der Waals surface area contributed by atoms with E-state index in [2.05, 4.69) is 4.74 Å². The quantitative estimate of drug-likeness (QED) is 0.797. The van der Waals surface area contributed by atoms with Gasteiger partial charge in [0.05, 0.1) is 14.2 Å². The number of nitrogens with zero attached hydrogens (tertiary/aromatic N) is 1. The van der Waals surface area contributed by atoms with Crippen LogP contribution in [0.2, 0.25) is 0 Å². The molecule has 0 unspecified atom stereocenters. The van der Waals surface area contributed by atoms with Gasteiger partial charge in [-0.15, -0.1) is 0 Å². The summed E-state index contributed by atoms with van der Waals surface area (Å²) in [5.41, 5.74) is 0.264. The second kappa shape index (κ2) is 5.90. The SMILES string of the molecule is COC(=O)CN(C)C(=O)c1ccc(OC)c(O)c1. The van der Waals surface area contributed by atoms with E-state index in [1.54, 1.807) is 0 Å². The van der Waals surface area contributed by atoms with E-state index < -0.39 is 11.9 Å². The smallest absolute Gasteiger partial charge is 0.325 e. The first-order valence-electron chi connectivity index (χ1n) is 5.19. The van der Waals surface area contributed by atoms with Gasteiger partial charge in [0, 0.05) is 12.6 Å². The molecule has 0 spiro atoms. The van der Waals surface area contributed by atoms with E-state index >= 15 is 0 Å². The summed E-state index contributed by atoms with van der Waals surface area (Å²) in [5, 5.41) is 9.56. The molecule has 0 aliphatic carbocycles. The number of rotatable bonds is 4. The number of carbonyl (C=O) groups excluding carboxylic acids is 2. The van der Waals surface area contributed by atoms with Crippen molar-refractivity contribution in [1.82, 2.24) is 4.90 Å². The minimum atomic E-state index is -0.511. The normalized spacial score (nSPS) is 9.72. The molecule has 0 saturated heterocycles. The van der Waals surface area contributed by atoms with Crippen LogP contribution in [0.15, 0.2) is 18.2 Å². The lowest BCUT2D eigenvalue weighted by Crippen LogP contribution is -2.32. The number of methoxy groups -OCH3 is 2. The first-order valence-corrected chi connectivity index (χ1v) is 5.19.